The molecule has 0 bridgehead atoms. The van der Waals surface area contributed by atoms with Crippen molar-refractivity contribution in [3.05, 3.63) is 36.7 Å². The van der Waals surface area contributed by atoms with Crippen LogP contribution in [0.25, 0.3) is 0 Å². The van der Waals surface area contributed by atoms with Gasteiger partial charge in [0.25, 0.3) is 10.0 Å². The zero-order valence-corrected chi connectivity index (χ0v) is 14.8. The molecule has 2 aromatic rings. The second-order valence-electron chi connectivity index (χ2n) is 6.10. The van der Waals surface area contributed by atoms with Gasteiger partial charge in [-0.05, 0) is 18.2 Å². The third-order valence-electron chi connectivity index (χ3n) is 4.31. The number of hydrogen-bond acceptors (Lipinski definition) is 6. The van der Waals surface area contributed by atoms with Crippen molar-refractivity contribution in [3.8, 4) is 11.5 Å². The molecule has 0 radical (unpaired) electrons. The second kappa shape index (κ2) is 6.17. The number of amides is 1. The highest BCUT2D eigenvalue weighted by atomic mass is 32.2. The van der Waals surface area contributed by atoms with E-state index in [9.17, 15) is 13.2 Å². The summed E-state index contributed by atoms with van der Waals surface area (Å²) in [5, 5.41) is 2.75. The van der Waals surface area contributed by atoms with Crippen LogP contribution < -0.4 is 19.1 Å². The number of carbonyl (C=O) groups excluding carboxylic acids is 1. The van der Waals surface area contributed by atoms with Gasteiger partial charge in [-0.3, -0.25) is 14.1 Å². The maximum absolute atomic E-state index is 13.5. The first-order chi connectivity index (χ1) is 12.5. The molecule has 1 N–H and O–H groups in total. The van der Waals surface area contributed by atoms with Crippen LogP contribution in [0.2, 0.25) is 0 Å². The smallest absolute Gasteiger partial charge is 0.268 e. The Morgan fingerprint density at radius 1 is 1.23 bits per heavy atom. The van der Waals surface area contributed by atoms with Crippen molar-refractivity contribution in [1.82, 2.24) is 4.98 Å². The van der Waals surface area contributed by atoms with Gasteiger partial charge in [-0.2, -0.15) is 0 Å². The number of rotatable bonds is 2. The first kappa shape index (κ1) is 16.6. The van der Waals surface area contributed by atoms with Crippen molar-refractivity contribution in [1.29, 1.82) is 0 Å². The van der Waals surface area contributed by atoms with E-state index < -0.39 is 15.9 Å². The lowest BCUT2D eigenvalue weighted by molar-refractivity contribution is -0.119. The van der Waals surface area contributed by atoms with Crippen LogP contribution in [0.1, 0.15) is 6.92 Å². The fraction of sp³-hybridized carbons (Fsp3) is 0.294. The Labute approximate surface area is 150 Å². The molecular formula is C17H17N3O5S. The minimum absolute atomic E-state index is 0.00259. The van der Waals surface area contributed by atoms with Crippen LogP contribution in [0.3, 0.4) is 0 Å². The quantitative estimate of drug-likeness (QED) is 0.857. The molecule has 8 nitrogen and oxygen atoms in total. The number of para-hydroxylation sites is 1. The second-order valence-corrected chi connectivity index (χ2v) is 7.93. The highest BCUT2D eigenvalue weighted by Crippen LogP contribution is 2.40. The zero-order chi connectivity index (χ0) is 18.3. The van der Waals surface area contributed by atoms with Crippen molar-refractivity contribution in [2.24, 2.45) is 5.92 Å². The molecule has 1 unspecified atom stereocenters. The molecular weight excluding hydrogens is 358 g/mol. The molecule has 4 rings (SSSR count). The Morgan fingerprint density at radius 3 is 2.88 bits per heavy atom. The molecule has 1 amide bonds. The summed E-state index contributed by atoms with van der Waals surface area (Å²) in [6.07, 6.45) is 2.93. The molecule has 3 heterocycles. The Hall–Kier alpha value is -2.81. The first-order valence-corrected chi connectivity index (χ1v) is 9.59. The Kier molecular flexibility index (Phi) is 3.95. The normalized spacial score (nSPS) is 19.3. The number of pyridine rings is 1. The van der Waals surface area contributed by atoms with E-state index in [-0.39, 0.29) is 29.7 Å². The number of ether oxygens (including phenoxy) is 2. The van der Waals surface area contributed by atoms with Gasteiger partial charge in [0, 0.05) is 12.7 Å². The molecule has 0 fully saturated rings. The number of aromatic nitrogens is 1. The van der Waals surface area contributed by atoms with E-state index in [1.807, 2.05) is 0 Å². The summed E-state index contributed by atoms with van der Waals surface area (Å²) in [7, 11) is -4.00. The topological polar surface area (TPSA) is 97.8 Å². The molecule has 1 aromatic carbocycles. The predicted molar refractivity (Wildman–Crippen MR) is 94.0 cm³/mol. The lowest BCUT2D eigenvalue weighted by atomic mass is 10.2. The summed E-state index contributed by atoms with van der Waals surface area (Å²) < 4.78 is 39.2. The molecule has 0 saturated heterocycles. The van der Waals surface area contributed by atoms with Crippen molar-refractivity contribution in [3.63, 3.8) is 0 Å². The van der Waals surface area contributed by atoms with E-state index >= 15 is 0 Å². The number of carbonyl (C=O) groups is 1. The van der Waals surface area contributed by atoms with E-state index in [0.29, 0.717) is 23.7 Å². The van der Waals surface area contributed by atoms with E-state index in [1.54, 1.807) is 25.1 Å². The standard InChI is InChI=1S/C17H17N3O5S/c1-11-10-20(13-9-18-6-5-12(13)19-17(11)21)26(22,23)15-4-2-3-14-16(15)25-8-7-24-14/h2-6,9,11H,7-8,10H2,1H3,(H,19,21). The fourth-order valence-electron chi connectivity index (χ4n) is 2.97. The number of nitrogens with zero attached hydrogens (tertiary/aromatic N) is 2. The monoisotopic (exact) mass is 375 g/mol. The average molecular weight is 375 g/mol. The summed E-state index contributed by atoms with van der Waals surface area (Å²) in [6.45, 7) is 2.31. The number of nitrogens with one attached hydrogen (secondary N) is 1. The molecule has 2 aliphatic heterocycles. The lowest BCUT2D eigenvalue weighted by Gasteiger charge is -2.27. The van der Waals surface area contributed by atoms with Gasteiger partial charge in [-0.25, -0.2) is 8.42 Å². The van der Waals surface area contributed by atoms with Gasteiger partial charge in [-0.1, -0.05) is 13.0 Å². The van der Waals surface area contributed by atoms with Crippen molar-refractivity contribution in [2.75, 3.05) is 29.4 Å². The Morgan fingerprint density at radius 2 is 2.04 bits per heavy atom. The lowest BCUT2D eigenvalue weighted by Crippen LogP contribution is -2.36. The van der Waals surface area contributed by atoms with Crippen LogP contribution in [0, 0.1) is 5.92 Å². The van der Waals surface area contributed by atoms with Crippen LogP contribution in [0.15, 0.2) is 41.6 Å². The fourth-order valence-corrected chi connectivity index (χ4v) is 4.68. The van der Waals surface area contributed by atoms with Gasteiger partial charge in [-0.15, -0.1) is 0 Å². The van der Waals surface area contributed by atoms with Crippen LogP contribution in [0.4, 0.5) is 11.4 Å². The maximum atomic E-state index is 13.5. The van der Waals surface area contributed by atoms with E-state index in [2.05, 4.69) is 10.3 Å². The largest absolute Gasteiger partial charge is 0.486 e. The number of sulfonamides is 1. The summed E-state index contributed by atoms with van der Waals surface area (Å²) in [5.41, 5.74) is 0.722. The van der Waals surface area contributed by atoms with Crippen LogP contribution in [0.5, 0.6) is 11.5 Å². The van der Waals surface area contributed by atoms with E-state index in [0.717, 1.165) is 0 Å². The first-order valence-electron chi connectivity index (χ1n) is 8.14. The predicted octanol–water partition coefficient (Wildman–Crippen LogP) is 1.64. The van der Waals surface area contributed by atoms with Gasteiger partial charge >= 0.3 is 0 Å². The molecule has 0 spiro atoms. The minimum atomic E-state index is -4.00. The van der Waals surface area contributed by atoms with Crippen molar-refractivity contribution in [2.45, 2.75) is 11.8 Å². The number of benzene rings is 1. The van der Waals surface area contributed by atoms with Crippen LogP contribution in [-0.4, -0.2) is 39.1 Å². The summed E-state index contributed by atoms with van der Waals surface area (Å²) in [5.74, 6) is -0.195. The number of fused-ring (bicyclic) bond motifs is 2. The van der Waals surface area contributed by atoms with Crippen LogP contribution >= 0.6 is 0 Å². The SMILES string of the molecule is CC1CN(S(=O)(=O)c2cccc3c2OCCO3)c2cnccc2NC1=O. The Bertz CT molecular complexity index is 976. The molecule has 136 valence electrons. The average Bonchev–Trinajstić information content (AvgIpc) is 2.78. The summed E-state index contributed by atoms with van der Waals surface area (Å²) in [6, 6.07) is 6.33. The summed E-state index contributed by atoms with van der Waals surface area (Å²) >= 11 is 0. The number of anilines is 2. The van der Waals surface area contributed by atoms with Gasteiger partial charge in [0.1, 0.15) is 18.1 Å². The third kappa shape index (κ3) is 2.64. The third-order valence-corrected chi connectivity index (χ3v) is 6.12. The number of hydrogen-bond donors (Lipinski definition) is 1. The molecule has 2 aliphatic rings. The van der Waals surface area contributed by atoms with E-state index in [1.165, 1.54) is 22.8 Å². The summed E-state index contributed by atoms with van der Waals surface area (Å²) in [4.78, 5) is 16.2. The minimum Gasteiger partial charge on any atom is -0.486 e. The molecule has 0 saturated carbocycles. The molecule has 26 heavy (non-hydrogen) atoms. The molecule has 9 heteroatoms. The van der Waals surface area contributed by atoms with Gasteiger partial charge < -0.3 is 14.8 Å². The van der Waals surface area contributed by atoms with Crippen LogP contribution in [-0.2, 0) is 14.8 Å². The van der Waals surface area contributed by atoms with Crippen molar-refractivity contribution >= 4 is 27.3 Å². The Balaban J connectivity index is 1.87. The highest BCUT2D eigenvalue weighted by molar-refractivity contribution is 7.93. The maximum Gasteiger partial charge on any atom is 0.268 e. The molecule has 1 aromatic heterocycles. The molecule has 0 aliphatic carbocycles. The van der Waals surface area contributed by atoms with E-state index in [4.69, 9.17) is 9.47 Å². The molecule has 1 atom stereocenters. The zero-order valence-electron chi connectivity index (χ0n) is 14.0. The van der Waals surface area contributed by atoms with Crippen molar-refractivity contribution < 1.29 is 22.7 Å². The van der Waals surface area contributed by atoms with Gasteiger partial charge in [0.05, 0.1) is 23.5 Å². The van der Waals surface area contributed by atoms with Gasteiger partial charge in [0.2, 0.25) is 5.91 Å². The van der Waals surface area contributed by atoms with Gasteiger partial charge in [0.15, 0.2) is 11.5 Å². The highest BCUT2D eigenvalue weighted by Gasteiger charge is 2.36.